The number of aromatic nitrogens is 2. The van der Waals surface area contributed by atoms with Gasteiger partial charge in [0.1, 0.15) is 5.15 Å². The van der Waals surface area contributed by atoms with E-state index < -0.39 is 0 Å². The van der Waals surface area contributed by atoms with Crippen molar-refractivity contribution < 1.29 is 0 Å². The molecule has 9 aromatic rings. The summed E-state index contributed by atoms with van der Waals surface area (Å²) in [6, 6.07) is 55.8. The standard InChI is InChI=1S/C44H26Cl2N2/c45-43-41-36-22-12-11-21-35(36)39(40(28-15-5-2-6-16-28)42(41)47-44(46)48-43)30-25-23-29(24-26-30)38-33-19-9-7-17-31(33)37(27-13-3-1-4-14-27)32-18-8-10-20-34(32)38/h1-26H. The van der Waals surface area contributed by atoms with E-state index in [1.54, 1.807) is 0 Å². The molecule has 0 spiro atoms. The first-order valence-corrected chi connectivity index (χ1v) is 16.7. The highest BCUT2D eigenvalue weighted by Crippen LogP contribution is 2.47. The van der Waals surface area contributed by atoms with Gasteiger partial charge in [0.05, 0.1) is 5.52 Å². The van der Waals surface area contributed by atoms with E-state index in [0.29, 0.717) is 5.15 Å². The van der Waals surface area contributed by atoms with Gasteiger partial charge in [-0.15, -0.1) is 0 Å². The molecule has 0 aliphatic rings. The van der Waals surface area contributed by atoms with Crippen LogP contribution < -0.4 is 0 Å². The molecule has 8 aromatic carbocycles. The zero-order chi connectivity index (χ0) is 32.2. The van der Waals surface area contributed by atoms with E-state index in [4.69, 9.17) is 28.2 Å². The molecule has 2 nitrogen and oxygen atoms in total. The Hall–Kier alpha value is -5.54. The van der Waals surface area contributed by atoms with Crippen LogP contribution in [-0.4, -0.2) is 9.97 Å². The topological polar surface area (TPSA) is 25.8 Å². The molecule has 0 amide bonds. The fourth-order valence-corrected chi connectivity index (χ4v) is 7.83. The smallest absolute Gasteiger partial charge is 0.217 e. The molecule has 0 aliphatic carbocycles. The number of hydrogen-bond donors (Lipinski definition) is 0. The lowest BCUT2D eigenvalue weighted by Gasteiger charge is -2.19. The third-order valence-corrected chi connectivity index (χ3v) is 9.75. The summed E-state index contributed by atoms with van der Waals surface area (Å²) in [5, 5.41) is 8.26. The molecule has 1 heterocycles. The Morgan fingerprint density at radius 3 is 1.15 bits per heavy atom. The van der Waals surface area contributed by atoms with E-state index in [1.807, 2.05) is 24.3 Å². The summed E-state index contributed by atoms with van der Waals surface area (Å²) >= 11 is 13.3. The molecule has 48 heavy (non-hydrogen) atoms. The number of nitrogens with zero attached hydrogens (tertiary/aromatic N) is 2. The highest BCUT2D eigenvalue weighted by Gasteiger charge is 2.22. The Bertz CT molecular complexity index is 2610. The van der Waals surface area contributed by atoms with Crippen molar-refractivity contribution in [3.05, 3.63) is 168 Å². The minimum absolute atomic E-state index is 0.124. The average molecular weight is 654 g/mol. The molecule has 0 fully saturated rings. The maximum absolute atomic E-state index is 6.80. The van der Waals surface area contributed by atoms with Gasteiger partial charge in [0.25, 0.3) is 0 Å². The van der Waals surface area contributed by atoms with E-state index in [0.717, 1.165) is 49.5 Å². The third kappa shape index (κ3) is 4.57. The number of hydrogen-bond acceptors (Lipinski definition) is 2. The molecule has 0 saturated carbocycles. The third-order valence-electron chi connectivity index (χ3n) is 9.31. The number of benzene rings is 8. The quantitative estimate of drug-likeness (QED) is 0.0818. The summed E-state index contributed by atoms with van der Waals surface area (Å²) in [5.74, 6) is 0. The first-order valence-electron chi connectivity index (χ1n) is 15.9. The lowest BCUT2D eigenvalue weighted by Crippen LogP contribution is -1.96. The average Bonchev–Trinajstić information content (AvgIpc) is 3.14. The number of fused-ring (bicyclic) bond motifs is 5. The largest absolute Gasteiger partial charge is 0.224 e. The Kier molecular flexibility index (Phi) is 6.93. The summed E-state index contributed by atoms with van der Waals surface area (Å²) in [7, 11) is 0. The SMILES string of the molecule is Clc1nc(Cl)c2c(n1)c(-c1ccccc1)c(-c1ccc(-c3c4ccccc4c(-c4ccccc4)c4ccccc34)cc1)c1ccccc12. The van der Waals surface area contributed by atoms with Gasteiger partial charge in [0, 0.05) is 10.9 Å². The van der Waals surface area contributed by atoms with Crippen molar-refractivity contribution in [1.29, 1.82) is 0 Å². The van der Waals surface area contributed by atoms with Crippen LogP contribution in [0.2, 0.25) is 10.4 Å². The van der Waals surface area contributed by atoms with Gasteiger partial charge in [-0.25, -0.2) is 9.97 Å². The highest BCUT2D eigenvalue weighted by molar-refractivity contribution is 6.39. The van der Waals surface area contributed by atoms with Crippen molar-refractivity contribution >= 4 is 66.4 Å². The predicted octanol–water partition coefficient (Wildman–Crippen LogP) is 13.1. The van der Waals surface area contributed by atoms with Crippen LogP contribution in [0.5, 0.6) is 0 Å². The molecular formula is C44H26Cl2N2. The van der Waals surface area contributed by atoms with Crippen LogP contribution in [-0.2, 0) is 0 Å². The molecule has 0 N–H and O–H groups in total. The summed E-state index contributed by atoms with van der Waals surface area (Å²) in [5.41, 5.74) is 9.77. The van der Waals surface area contributed by atoms with Crippen LogP contribution in [0.4, 0.5) is 0 Å². The molecular weight excluding hydrogens is 627 g/mol. The van der Waals surface area contributed by atoms with Crippen LogP contribution in [0.25, 0.3) is 87.7 Å². The van der Waals surface area contributed by atoms with E-state index in [1.165, 1.54) is 38.2 Å². The van der Waals surface area contributed by atoms with Crippen molar-refractivity contribution in [2.24, 2.45) is 0 Å². The van der Waals surface area contributed by atoms with Crippen molar-refractivity contribution in [3.8, 4) is 44.5 Å². The molecule has 0 unspecified atom stereocenters. The van der Waals surface area contributed by atoms with Gasteiger partial charge < -0.3 is 0 Å². The molecule has 4 heteroatoms. The van der Waals surface area contributed by atoms with Crippen molar-refractivity contribution in [2.75, 3.05) is 0 Å². The minimum atomic E-state index is 0.124. The first kappa shape index (κ1) is 28.7. The molecule has 0 atom stereocenters. The second kappa shape index (κ2) is 11.6. The molecule has 0 radical (unpaired) electrons. The fraction of sp³-hybridized carbons (Fsp3) is 0. The summed E-state index contributed by atoms with van der Waals surface area (Å²) in [6.45, 7) is 0. The molecule has 0 saturated heterocycles. The Morgan fingerprint density at radius 1 is 0.312 bits per heavy atom. The minimum Gasteiger partial charge on any atom is -0.217 e. The van der Waals surface area contributed by atoms with Crippen molar-refractivity contribution in [2.45, 2.75) is 0 Å². The molecule has 0 aliphatic heterocycles. The maximum atomic E-state index is 6.80. The van der Waals surface area contributed by atoms with Gasteiger partial charge in [-0.1, -0.05) is 169 Å². The Morgan fingerprint density at radius 2 is 0.667 bits per heavy atom. The summed E-state index contributed by atoms with van der Waals surface area (Å²) in [4.78, 5) is 9.11. The van der Waals surface area contributed by atoms with Gasteiger partial charge in [0.2, 0.25) is 5.28 Å². The molecule has 0 bridgehead atoms. The summed E-state index contributed by atoms with van der Waals surface area (Å²) < 4.78 is 0. The van der Waals surface area contributed by atoms with Crippen LogP contribution in [0.1, 0.15) is 0 Å². The van der Waals surface area contributed by atoms with Gasteiger partial charge in [-0.3, -0.25) is 0 Å². The van der Waals surface area contributed by atoms with Gasteiger partial charge >= 0.3 is 0 Å². The van der Waals surface area contributed by atoms with Crippen LogP contribution in [0.3, 0.4) is 0 Å². The van der Waals surface area contributed by atoms with Gasteiger partial charge in [-0.2, -0.15) is 0 Å². The lowest BCUT2D eigenvalue weighted by atomic mass is 9.84. The van der Waals surface area contributed by atoms with Crippen LogP contribution >= 0.6 is 23.2 Å². The molecule has 1 aromatic heterocycles. The van der Waals surface area contributed by atoms with Crippen LogP contribution in [0, 0.1) is 0 Å². The Balaban J connectivity index is 1.33. The monoisotopic (exact) mass is 652 g/mol. The number of halogens is 2. The molecule has 226 valence electrons. The predicted molar refractivity (Wildman–Crippen MR) is 204 cm³/mol. The zero-order valence-corrected chi connectivity index (χ0v) is 27.2. The van der Waals surface area contributed by atoms with Gasteiger partial charge in [0.15, 0.2) is 0 Å². The maximum Gasteiger partial charge on any atom is 0.224 e. The second-order valence-electron chi connectivity index (χ2n) is 12.0. The Labute approximate surface area is 287 Å². The van der Waals surface area contributed by atoms with E-state index in [-0.39, 0.29) is 5.28 Å². The summed E-state index contributed by atoms with van der Waals surface area (Å²) in [6.07, 6.45) is 0. The van der Waals surface area contributed by atoms with Crippen molar-refractivity contribution in [1.82, 2.24) is 9.97 Å². The van der Waals surface area contributed by atoms with Crippen LogP contribution in [0.15, 0.2) is 158 Å². The van der Waals surface area contributed by atoms with E-state index in [2.05, 4.69) is 138 Å². The van der Waals surface area contributed by atoms with Crippen molar-refractivity contribution in [3.63, 3.8) is 0 Å². The first-order chi connectivity index (χ1) is 23.7. The second-order valence-corrected chi connectivity index (χ2v) is 12.6. The zero-order valence-electron chi connectivity index (χ0n) is 25.7. The van der Waals surface area contributed by atoms with Gasteiger partial charge in [-0.05, 0) is 82.9 Å². The van der Waals surface area contributed by atoms with E-state index in [9.17, 15) is 0 Å². The lowest BCUT2D eigenvalue weighted by molar-refractivity contribution is 1.23. The number of rotatable bonds is 4. The highest BCUT2D eigenvalue weighted by atomic mass is 35.5. The normalized spacial score (nSPS) is 11.5. The fourth-order valence-electron chi connectivity index (χ4n) is 7.34. The van der Waals surface area contributed by atoms with E-state index >= 15 is 0 Å². The molecule has 9 rings (SSSR count).